The highest BCUT2D eigenvalue weighted by atomic mass is 35.5. The summed E-state index contributed by atoms with van der Waals surface area (Å²) < 4.78 is 7.22. The van der Waals surface area contributed by atoms with Crippen LogP contribution in [0.4, 0.5) is 17.5 Å². The fourth-order valence-corrected chi connectivity index (χ4v) is 5.57. The van der Waals surface area contributed by atoms with Crippen LogP contribution >= 0.6 is 11.6 Å². The molecule has 2 aliphatic heterocycles. The molecule has 11 heteroatoms. The number of aromatic nitrogens is 3. The van der Waals surface area contributed by atoms with E-state index in [1.54, 1.807) is 16.8 Å². The lowest BCUT2D eigenvalue weighted by Crippen LogP contribution is -2.55. The van der Waals surface area contributed by atoms with Gasteiger partial charge in [0.1, 0.15) is 5.02 Å². The van der Waals surface area contributed by atoms with Crippen LogP contribution < -0.4 is 25.8 Å². The van der Waals surface area contributed by atoms with E-state index in [2.05, 4.69) is 32.5 Å². The van der Waals surface area contributed by atoms with Gasteiger partial charge in [-0.25, -0.2) is 4.98 Å². The van der Waals surface area contributed by atoms with E-state index in [9.17, 15) is 9.59 Å². The fraction of sp³-hybridized carbons (Fsp3) is 0.462. The molecule has 5 rings (SSSR count). The molecule has 2 aliphatic rings. The number of likely N-dealkylation sites (tertiary alicyclic amines) is 1. The third kappa shape index (κ3) is 4.95. The summed E-state index contributed by atoms with van der Waals surface area (Å²) in [4.78, 5) is 38.5. The van der Waals surface area contributed by atoms with Gasteiger partial charge in [0.05, 0.1) is 11.7 Å². The Morgan fingerprint density at radius 2 is 2.03 bits per heavy atom. The van der Waals surface area contributed by atoms with Crippen LogP contribution in [0.25, 0.3) is 10.9 Å². The van der Waals surface area contributed by atoms with Gasteiger partial charge in [-0.1, -0.05) is 11.6 Å². The first-order valence-electron chi connectivity index (χ1n) is 12.4. The van der Waals surface area contributed by atoms with Gasteiger partial charge in [-0.3, -0.25) is 9.59 Å². The Bertz CT molecular complexity index is 1400. The minimum atomic E-state index is -0.312. The Labute approximate surface area is 220 Å². The topological polar surface area (TPSA) is 105 Å². The molecular weight excluding hydrogens is 494 g/mol. The largest absolute Gasteiger partial charge is 0.478 e. The lowest BCUT2D eigenvalue weighted by Gasteiger charge is -2.46. The molecule has 2 saturated heterocycles. The van der Waals surface area contributed by atoms with Crippen molar-refractivity contribution in [1.29, 1.82) is 0 Å². The number of nitrogens with zero attached hydrogens (tertiary/aromatic N) is 5. The van der Waals surface area contributed by atoms with Crippen molar-refractivity contribution in [1.82, 2.24) is 24.8 Å². The highest BCUT2D eigenvalue weighted by Crippen LogP contribution is 2.40. The fourth-order valence-electron chi connectivity index (χ4n) is 5.43. The Kier molecular flexibility index (Phi) is 6.72. The molecule has 2 fully saturated rings. The quantitative estimate of drug-likeness (QED) is 0.485. The van der Waals surface area contributed by atoms with Gasteiger partial charge in [-0.15, -0.1) is 0 Å². The van der Waals surface area contributed by atoms with Crippen molar-refractivity contribution >= 4 is 45.9 Å². The number of ether oxygens (including phenoxy) is 1. The van der Waals surface area contributed by atoms with E-state index in [1.807, 2.05) is 32.0 Å². The molecule has 4 heterocycles. The zero-order chi connectivity index (χ0) is 26.3. The van der Waals surface area contributed by atoms with Crippen molar-refractivity contribution in [2.24, 2.45) is 5.41 Å². The molecule has 3 aromatic rings. The molecule has 0 aliphatic carbocycles. The summed E-state index contributed by atoms with van der Waals surface area (Å²) in [7, 11) is 3.67. The first-order valence-corrected chi connectivity index (χ1v) is 12.8. The molecule has 1 amide bonds. The number of halogens is 1. The predicted octanol–water partition coefficient (Wildman–Crippen LogP) is 3.04. The molecule has 2 aromatic heterocycles. The number of nitrogens with one attached hydrogen (secondary N) is 2. The number of hydrogen-bond donors (Lipinski definition) is 2. The van der Waals surface area contributed by atoms with E-state index >= 15 is 0 Å². The van der Waals surface area contributed by atoms with Crippen LogP contribution in [0.2, 0.25) is 5.02 Å². The molecule has 0 radical (unpaired) electrons. The highest BCUT2D eigenvalue weighted by Gasteiger charge is 2.46. The van der Waals surface area contributed by atoms with E-state index < -0.39 is 0 Å². The number of likely N-dealkylation sites (N-methyl/N-ethyl adjacent to an activating group) is 1. The summed E-state index contributed by atoms with van der Waals surface area (Å²) >= 11 is 6.47. The van der Waals surface area contributed by atoms with Gasteiger partial charge in [-0.2, -0.15) is 4.98 Å². The smallest absolute Gasteiger partial charge is 0.293 e. The summed E-state index contributed by atoms with van der Waals surface area (Å²) in [6.07, 6.45) is 2.77. The first kappa shape index (κ1) is 25.3. The maximum atomic E-state index is 13.0. The summed E-state index contributed by atoms with van der Waals surface area (Å²) in [5.74, 6) is 0.992. The zero-order valence-corrected chi connectivity index (χ0v) is 22.3. The second-order valence-corrected chi connectivity index (χ2v) is 10.8. The Morgan fingerprint density at radius 1 is 1.24 bits per heavy atom. The van der Waals surface area contributed by atoms with Crippen molar-refractivity contribution in [3.8, 4) is 5.75 Å². The van der Waals surface area contributed by atoms with Gasteiger partial charge in [-0.05, 0) is 51.6 Å². The van der Waals surface area contributed by atoms with Crippen molar-refractivity contribution < 1.29 is 9.53 Å². The third-order valence-corrected chi connectivity index (χ3v) is 7.36. The second-order valence-electron chi connectivity index (χ2n) is 10.3. The number of pyridine rings is 1. The maximum absolute atomic E-state index is 13.0. The number of fused-ring (bicyclic) bond motifs is 1. The van der Waals surface area contributed by atoms with Crippen molar-refractivity contribution in [2.45, 2.75) is 26.3 Å². The lowest BCUT2D eigenvalue weighted by atomic mass is 9.79. The minimum absolute atomic E-state index is 0.101. The van der Waals surface area contributed by atoms with Gasteiger partial charge < -0.3 is 29.7 Å². The van der Waals surface area contributed by atoms with Gasteiger partial charge in [0.15, 0.2) is 18.2 Å². The number of carbonyl (C=O) groups is 1. The molecule has 1 spiro atoms. The zero-order valence-electron chi connectivity index (χ0n) is 21.5. The third-order valence-electron chi connectivity index (χ3n) is 7.08. The average Bonchev–Trinajstić information content (AvgIpc) is 3.28. The minimum Gasteiger partial charge on any atom is -0.478 e. The van der Waals surface area contributed by atoms with E-state index in [1.165, 1.54) is 7.05 Å². The summed E-state index contributed by atoms with van der Waals surface area (Å²) in [6.45, 7) is 7.71. The van der Waals surface area contributed by atoms with E-state index in [0.717, 1.165) is 49.2 Å². The summed E-state index contributed by atoms with van der Waals surface area (Å²) in [5, 5.41) is 7.01. The molecule has 0 unspecified atom stereocenters. The van der Waals surface area contributed by atoms with Crippen LogP contribution in [0.3, 0.4) is 0 Å². The predicted molar refractivity (Wildman–Crippen MR) is 145 cm³/mol. The van der Waals surface area contributed by atoms with Gasteiger partial charge in [0, 0.05) is 55.8 Å². The van der Waals surface area contributed by atoms with Crippen LogP contribution in [0.1, 0.15) is 26.3 Å². The van der Waals surface area contributed by atoms with E-state index in [4.69, 9.17) is 21.3 Å². The second kappa shape index (κ2) is 9.83. The highest BCUT2D eigenvalue weighted by molar-refractivity contribution is 6.32. The van der Waals surface area contributed by atoms with Gasteiger partial charge in [0.25, 0.3) is 11.5 Å². The number of benzene rings is 1. The SMILES string of the molecule is CNC(=O)COc1cc2cc(Nc3nc(N4CCC5(CN(C)C5)C4)ncc3Cl)ccc2n(C(C)C)c1=O. The monoisotopic (exact) mass is 525 g/mol. The van der Waals surface area contributed by atoms with Crippen LogP contribution in [-0.2, 0) is 4.79 Å². The van der Waals surface area contributed by atoms with Crippen LogP contribution in [0.15, 0.2) is 35.3 Å². The Morgan fingerprint density at radius 3 is 2.73 bits per heavy atom. The lowest BCUT2D eigenvalue weighted by molar-refractivity contribution is -0.122. The van der Waals surface area contributed by atoms with Crippen LogP contribution in [0.5, 0.6) is 5.75 Å². The van der Waals surface area contributed by atoms with Crippen molar-refractivity contribution in [3.63, 3.8) is 0 Å². The van der Waals surface area contributed by atoms with E-state index in [-0.39, 0.29) is 29.9 Å². The molecular formula is C26H32ClN7O3. The molecule has 2 N–H and O–H groups in total. The first-order chi connectivity index (χ1) is 17.7. The van der Waals surface area contributed by atoms with Crippen molar-refractivity contribution in [3.05, 3.63) is 45.8 Å². The maximum Gasteiger partial charge on any atom is 0.293 e. The number of carbonyl (C=O) groups excluding carboxylic acids is 1. The normalized spacial score (nSPS) is 16.9. The van der Waals surface area contributed by atoms with Gasteiger partial charge in [0.2, 0.25) is 5.95 Å². The van der Waals surface area contributed by atoms with E-state index in [0.29, 0.717) is 22.2 Å². The number of hydrogen-bond acceptors (Lipinski definition) is 8. The molecule has 0 saturated carbocycles. The Balaban J connectivity index is 1.43. The van der Waals surface area contributed by atoms with Crippen molar-refractivity contribution in [2.75, 3.05) is 57.1 Å². The molecule has 196 valence electrons. The van der Waals surface area contributed by atoms with Gasteiger partial charge >= 0.3 is 0 Å². The summed E-state index contributed by atoms with van der Waals surface area (Å²) in [5.41, 5.74) is 1.58. The van der Waals surface area contributed by atoms with Crippen LogP contribution in [0, 0.1) is 5.41 Å². The molecule has 10 nitrogen and oxygen atoms in total. The molecule has 0 bridgehead atoms. The average molecular weight is 526 g/mol. The number of anilines is 3. The molecule has 0 atom stereocenters. The standard InChI is InChI=1S/C26H32ClN7O3/c1-16(2)34-20-6-5-18(9-17(20)10-21(24(34)36)37-12-22(35)28-3)30-23-19(27)11-29-25(31-23)33-8-7-26(15-33)13-32(4)14-26/h5-6,9-11,16H,7-8,12-15H2,1-4H3,(H,28,35)(H,29,30,31). The number of rotatable bonds is 7. The molecule has 1 aromatic carbocycles. The Hall–Kier alpha value is -3.37. The number of amides is 1. The summed E-state index contributed by atoms with van der Waals surface area (Å²) in [6, 6.07) is 7.24. The molecule has 37 heavy (non-hydrogen) atoms. The van der Waals surface area contributed by atoms with Crippen LogP contribution in [-0.4, -0.2) is 72.2 Å².